The van der Waals surface area contributed by atoms with Crippen LogP contribution in [0.5, 0.6) is 0 Å². The van der Waals surface area contributed by atoms with Gasteiger partial charge in [0, 0.05) is 24.3 Å². The van der Waals surface area contributed by atoms with Crippen LogP contribution in [0.15, 0.2) is 24.3 Å². The zero-order chi connectivity index (χ0) is 12.8. The van der Waals surface area contributed by atoms with Crippen LogP contribution < -0.4 is 10.2 Å². The van der Waals surface area contributed by atoms with Gasteiger partial charge in [-0.15, -0.1) is 0 Å². The first kappa shape index (κ1) is 14.0. The van der Waals surface area contributed by atoms with Gasteiger partial charge in [-0.05, 0) is 39.4 Å². The van der Waals surface area contributed by atoms with Gasteiger partial charge < -0.3 is 15.3 Å². The lowest BCUT2D eigenvalue weighted by Gasteiger charge is -2.31. The van der Waals surface area contributed by atoms with Crippen molar-refractivity contribution in [1.82, 2.24) is 5.32 Å². The SMILES string of the molecule is CNC(C)c1ccccc1N(CCO)C(C)C. The Morgan fingerprint density at radius 3 is 2.41 bits per heavy atom. The quantitative estimate of drug-likeness (QED) is 0.794. The van der Waals surface area contributed by atoms with Crippen molar-refractivity contribution in [3.63, 3.8) is 0 Å². The third-order valence-corrected chi connectivity index (χ3v) is 3.11. The molecular weight excluding hydrogens is 212 g/mol. The maximum absolute atomic E-state index is 9.18. The van der Waals surface area contributed by atoms with Crippen molar-refractivity contribution in [3.8, 4) is 0 Å². The molecule has 0 aliphatic carbocycles. The molecule has 0 aliphatic heterocycles. The predicted octanol–water partition coefficient (Wildman–Crippen LogP) is 2.17. The van der Waals surface area contributed by atoms with Crippen molar-refractivity contribution < 1.29 is 5.11 Å². The number of nitrogens with one attached hydrogen (secondary N) is 1. The number of aliphatic hydroxyl groups is 1. The van der Waals surface area contributed by atoms with Gasteiger partial charge in [-0.1, -0.05) is 18.2 Å². The van der Waals surface area contributed by atoms with Crippen LogP contribution in [0.1, 0.15) is 32.4 Å². The summed E-state index contributed by atoms with van der Waals surface area (Å²) in [6.45, 7) is 7.30. The lowest BCUT2D eigenvalue weighted by Crippen LogP contribution is -2.34. The van der Waals surface area contributed by atoms with Gasteiger partial charge >= 0.3 is 0 Å². The molecule has 1 aromatic carbocycles. The molecule has 2 N–H and O–H groups in total. The summed E-state index contributed by atoms with van der Waals surface area (Å²) in [4.78, 5) is 2.24. The Labute approximate surface area is 104 Å². The molecule has 1 aromatic rings. The average molecular weight is 236 g/mol. The summed E-state index contributed by atoms with van der Waals surface area (Å²) in [5, 5.41) is 12.4. The Balaban J connectivity index is 3.09. The van der Waals surface area contributed by atoms with E-state index < -0.39 is 0 Å². The van der Waals surface area contributed by atoms with Gasteiger partial charge in [0.1, 0.15) is 0 Å². The molecule has 1 atom stereocenters. The fourth-order valence-corrected chi connectivity index (χ4v) is 2.04. The van der Waals surface area contributed by atoms with Gasteiger partial charge in [0.25, 0.3) is 0 Å². The first-order valence-electron chi connectivity index (χ1n) is 6.25. The van der Waals surface area contributed by atoms with Crippen molar-refractivity contribution in [1.29, 1.82) is 0 Å². The number of anilines is 1. The molecule has 0 saturated carbocycles. The first-order chi connectivity index (χ1) is 8.11. The third-order valence-electron chi connectivity index (χ3n) is 3.11. The summed E-state index contributed by atoms with van der Waals surface area (Å²) in [7, 11) is 1.97. The number of para-hydroxylation sites is 1. The zero-order valence-electron chi connectivity index (χ0n) is 11.3. The second kappa shape index (κ2) is 6.62. The summed E-state index contributed by atoms with van der Waals surface area (Å²) < 4.78 is 0. The van der Waals surface area contributed by atoms with Crippen LogP contribution in [0, 0.1) is 0 Å². The fourth-order valence-electron chi connectivity index (χ4n) is 2.04. The van der Waals surface area contributed by atoms with E-state index in [1.165, 1.54) is 11.3 Å². The average Bonchev–Trinajstić information content (AvgIpc) is 2.34. The molecule has 0 aromatic heterocycles. The summed E-state index contributed by atoms with van der Waals surface area (Å²) in [6.07, 6.45) is 0. The van der Waals surface area contributed by atoms with E-state index in [2.05, 4.69) is 49.2 Å². The van der Waals surface area contributed by atoms with Gasteiger partial charge in [0.15, 0.2) is 0 Å². The van der Waals surface area contributed by atoms with Gasteiger partial charge in [0.2, 0.25) is 0 Å². The summed E-state index contributed by atoms with van der Waals surface area (Å²) >= 11 is 0. The molecule has 0 heterocycles. The minimum Gasteiger partial charge on any atom is -0.395 e. The van der Waals surface area contributed by atoms with Crippen molar-refractivity contribution in [2.24, 2.45) is 0 Å². The minimum atomic E-state index is 0.181. The van der Waals surface area contributed by atoms with Crippen LogP contribution >= 0.6 is 0 Å². The second-order valence-corrected chi connectivity index (χ2v) is 4.58. The maximum atomic E-state index is 9.18. The van der Waals surface area contributed by atoms with Crippen LogP contribution in [-0.2, 0) is 0 Å². The Bertz CT molecular complexity index is 339. The number of nitrogens with zero attached hydrogens (tertiary/aromatic N) is 1. The number of hydrogen-bond acceptors (Lipinski definition) is 3. The van der Waals surface area contributed by atoms with E-state index in [1.807, 2.05) is 13.1 Å². The van der Waals surface area contributed by atoms with Crippen molar-refractivity contribution >= 4 is 5.69 Å². The third kappa shape index (κ3) is 3.45. The zero-order valence-corrected chi connectivity index (χ0v) is 11.3. The van der Waals surface area contributed by atoms with E-state index in [0.717, 1.165) is 0 Å². The van der Waals surface area contributed by atoms with Gasteiger partial charge in [-0.3, -0.25) is 0 Å². The molecule has 0 spiro atoms. The smallest absolute Gasteiger partial charge is 0.0606 e. The van der Waals surface area contributed by atoms with Crippen LogP contribution in [0.3, 0.4) is 0 Å². The highest BCUT2D eigenvalue weighted by molar-refractivity contribution is 5.55. The van der Waals surface area contributed by atoms with Crippen molar-refractivity contribution in [2.75, 3.05) is 25.1 Å². The van der Waals surface area contributed by atoms with E-state index in [-0.39, 0.29) is 6.61 Å². The Hall–Kier alpha value is -1.06. The fraction of sp³-hybridized carbons (Fsp3) is 0.571. The molecule has 0 bridgehead atoms. The van der Waals surface area contributed by atoms with E-state index in [0.29, 0.717) is 18.6 Å². The van der Waals surface area contributed by atoms with E-state index in [1.54, 1.807) is 0 Å². The molecule has 0 fully saturated rings. The molecule has 1 rings (SSSR count). The molecule has 17 heavy (non-hydrogen) atoms. The van der Waals surface area contributed by atoms with Crippen molar-refractivity contribution in [3.05, 3.63) is 29.8 Å². The lowest BCUT2D eigenvalue weighted by atomic mass is 10.0. The standard InChI is InChI=1S/C14H24N2O/c1-11(2)16(9-10-17)14-8-6-5-7-13(14)12(3)15-4/h5-8,11-12,15,17H,9-10H2,1-4H3. The second-order valence-electron chi connectivity index (χ2n) is 4.58. The summed E-state index contributed by atoms with van der Waals surface area (Å²) in [6, 6.07) is 9.07. The Morgan fingerprint density at radius 2 is 1.88 bits per heavy atom. The minimum absolute atomic E-state index is 0.181. The molecule has 1 unspecified atom stereocenters. The maximum Gasteiger partial charge on any atom is 0.0606 e. The van der Waals surface area contributed by atoms with E-state index in [4.69, 9.17) is 0 Å². The van der Waals surface area contributed by atoms with Crippen LogP contribution in [0.2, 0.25) is 0 Å². The first-order valence-corrected chi connectivity index (χ1v) is 6.25. The van der Waals surface area contributed by atoms with E-state index in [9.17, 15) is 5.11 Å². The van der Waals surface area contributed by atoms with Crippen LogP contribution in [-0.4, -0.2) is 31.3 Å². The Morgan fingerprint density at radius 1 is 1.24 bits per heavy atom. The normalized spacial score (nSPS) is 12.8. The highest BCUT2D eigenvalue weighted by Crippen LogP contribution is 2.27. The number of hydrogen-bond donors (Lipinski definition) is 2. The number of benzene rings is 1. The van der Waals surface area contributed by atoms with Gasteiger partial charge in [-0.2, -0.15) is 0 Å². The number of aliphatic hydroxyl groups excluding tert-OH is 1. The lowest BCUT2D eigenvalue weighted by molar-refractivity contribution is 0.299. The van der Waals surface area contributed by atoms with E-state index >= 15 is 0 Å². The monoisotopic (exact) mass is 236 g/mol. The van der Waals surface area contributed by atoms with Crippen LogP contribution in [0.4, 0.5) is 5.69 Å². The predicted molar refractivity (Wildman–Crippen MR) is 73.5 cm³/mol. The highest BCUT2D eigenvalue weighted by atomic mass is 16.3. The highest BCUT2D eigenvalue weighted by Gasteiger charge is 2.16. The molecule has 3 nitrogen and oxygen atoms in total. The molecule has 0 radical (unpaired) electrons. The Kier molecular flexibility index (Phi) is 5.45. The molecular formula is C14H24N2O. The molecule has 0 aliphatic rings. The summed E-state index contributed by atoms with van der Waals surface area (Å²) in [5.41, 5.74) is 2.48. The molecule has 0 amide bonds. The topological polar surface area (TPSA) is 35.5 Å². The number of rotatable bonds is 6. The summed E-state index contributed by atoms with van der Waals surface area (Å²) in [5.74, 6) is 0. The van der Waals surface area contributed by atoms with Gasteiger partial charge in [0.05, 0.1) is 6.61 Å². The van der Waals surface area contributed by atoms with Crippen molar-refractivity contribution in [2.45, 2.75) is 32.9 Å². The van der Waals surface area contributed by atoms with Crippen LogP contribution in [0.25, 0.3) is 0 Å². The molecule has 0 saturated heterocycles. The molecule has 96 valence electrons. The van der Waals surface area contributed by atoms with Gasteiger partial charge in [-0.25, -0.2) is 0 Å². The largest absolute Gasteiger partial charge is 0.395 e. The molecule has 3 heteroatoms.